The fraction of sp³-hybridized carbons (Fsp3) is 0.538. The Hall–Kier alpha value is -0.323. The molecule has 2 N–H and O–H groups in total. The van der Waals surface area contributed by atoms with Crippen molar-refractivity contribution >= 4 is 24.2 Å². The molecule has 0 heterocycles. The number of hydrogen-bond acceptors (Lipinski definition) is 2. The van der Waals surface area contributed by atoms with Crippen LogP contribution < -0.4 is 10.2 Å². The summed E-state index contributed by atoms with van der Waals surface area (Å²) in [5.41, 5.74) is 6.82. The fourth-order valence-electron chi connectivity index (χ4n) is 1.24. The smallest absolute Gasteiger partial charge is 0.250 e. The van der Waals surface area contributed by atoms with Crippen molar-refractivity contribution in [3.05, 3.63) is 28.2 Å². The molecule has 0 saturated heterocycles. The monoisotopic (exact) mass is 315 g/mol. The van der Waals surface area contributed by atoms with Crippen LogP contribution in [0.2, 0.25) is 18.1 Å². The molecule has 4 heteroatoms. The Bertz CT molecular complexity index is 399. The average molecular weight is 316 g/mol. The third-order valence-corrected chi connectivity index (χ3v) is 8.38. The van der Waals surface area contributed by atoms with Crippen LogP contribution in [0.1, 0.15) is 26.3 Å². The van der Waals surface area contributed by atoms with Crippen molar-refractivity contribution in [2.75, 3.05) is 0 Å². The lowest BCUT2D eigenvalue weighted by atomic mass is 10.2. The van der Waals surface area contributed by atoms with Crippen LogP contribution in [0.3, 0.4) is 0 Å². The first-order chi connectivity index (χ1) is 7.69. The van der Waals surface area contributed by atoms with Gasteiger partial charge in [0.25, 0.3) is 8.32 Å². The molecule has 0 bridgehead atoms. The molecule has 17 heavy (non-hydrogen) atoms. The molecule has 0 fully saturated rings. The molecule has 0 amide bonds. The van der Waals surface area contributed by atoms with Crippen LogP contribution in [0, 0.1) is 0 Å². The minimum atomic E-state index is -1.81. The zero-order valence-electron chi connectivity index (χ0n) is 11.3. The highest BCUT2D eigenvalue weighted by atomic mass is 79.9. The normalized spacial score (nSPS) is 12.6. The van der Waals surface area contributed by atoms with E-state index in [2.05, 4.69) is 49.8 Å². The second kappa shape index (κ2) is 5.12. The van der Waals surface area contributed by atoms with Gasteiger partial charge in [-0.25, -0.2) is 0 Å². The zero-order valence-corrected chi connectivity index (χ0v) is 13.9. The quantitative estimate of drug-likeness (QED) is 0.844. The number of halogens is 1. The summed E-state index contributed by atoms with van der Waals surface area (Å²) in [6, 6.07) is 6.01. The van der Waals surface area contributed by atoms with Gasteiger partial charge in [0.2, 0.25) is 0 Å². The lowest BCUT2D eigenvalue weighted by molar-refractivity contribution is 0.485. The van der Waals surface area contributed by atoms with Crippen LogP contribution in [-0.2, 0) is 6.54 Å². The summed E-state index contributed by atoms with van der Waals surface area (Å²) in [6.07, 6.45) is 0. The maximum absolute atomic E-state index is 6.33. The van der Waals surface area contributed by atoms with Gasteiger partial charge in [-0.1, -0.05) is 32.9 Å². The standard InChI is InChI=1S/C13H22BrNOSi/c1-13(2,3)17(4,5)16-12-10(9-15)7-6-8-11(12)14/h6-8H,9,15H2,1-5H3. The molecule has 0 aliphatic carbocycles. The minimum absolute atomic E-state index is 0.189. The number of hydrogen-bond donors (Lipinski definition) is 1. The first-order valence-corrected chi connectivity index (χ1v) is 9.55. The van der Waals surface area contributed by atoms with Crippen molar-refractivity contribution in [2.45, 2.75) is 45.4 Å². The van der Waals surface area contributed by atoms with E-state index in [9.17, 15) is 0 Å². The summed E-state index contributed by atoms with van der Waals surface area (Å²) in [5.74, 6) is 0.918. The summed E-state index contributed by atoms with van der Waals surface area (Å²) in [4.78, 5) is 0. The van der Waals surface area contributed by atoms with Gasteiger partial charge in [-0.15, -0.1) is 0 Å². The van der Waals surface area contributed by atoms with E-state index in [0.717, 1.165) is 15.8 Å². The number of para-hydroxylation sites is 1. The van der Waals surface area contributed by atoms with E-state index < -0.39 is 8.32 Å². The second-order valence-corrected chi connectivity index (χ2v) is 11.4. The van der Waals surface area contributed by atoms with E-state index in [1.165, 1.54) is 0 Å². The van der Waals surface area contributed by atoms with Crippen molar-refractivity contribution in [1.82, 2.24) is 0 Å². The Balaban J connectivity index is 3.11. The van der Waals surface area contributed by atoms with E-state index in [1.54, 1.807) is 0 Å². The molecule has 1 aromatic rings. The van der Waals surface area contributed by atoms with Crippen molar-refractivity contribution in [3.8, 4) is 5.75 Å². The van der Waals surface area contributed by atoms with Gasteiger partial charge in [0.1, 0.15) is 5.75 Å². The van der Waals surface area contributed by atoms with Crippen LogP contribution in [0.5, 0.6) is 5.75 Å². The van der Waals surface area contributed by atoms with Crippen molar-refractivity contribution in [1.29, 1.82) is 0 Å². The van der Waals surface area contributed by atoms with Gasteiger partial charge >= 0.3 is 0 Å². The van der Waals surface area contributed by atoms with E-state index in [0.29, 0.717) is 6.54 Å². The Morgan fingerprint density at radius 1 is 1.29 bits per heavy atom. The predicted molar refractivity (Wildman–Crippen MR) is 79.9 cm³/mol. The van der Waals surface area contributed by atoms with E-state index in [1.807, 2.05) is 18.2 Å². The van der Waals surface area contributed by atoms with Crippen LogP contribution in [-0.4, -0.2) is 8.32 Å². The van der Waals surface area contributed by atoms with E-state index in [4.69, 9.17) is 10.2 Å². The number of nitrogens with two attached hydrogens (primary N) is 1. The van der Waals surface area contributed by atoms with Gasteiger partial charge in [0, 0.05) is 12.1 Å². The Morgan fingerprint density at radius 3 is 2.35 bits per heavy atom. The molecule has 0 radical (unpaired) electrons. The first kappa shape index (κ1) is 14.7. The van der Waals surface area contributed by atoms with Crippen LogP contribution in [0.25, 0.3) is 0 Å². The molecule has 0 spiro atoms. The van der Waals surface area contributed by atoms with Crippen LogP contribution >= 0.6 is 15.9 Å². The predicted octanol–water partition coefficient (Wildman–Crippen LogP) is 4.29. The number of rotatable bonds is 3. The van der Waals surface area contributed by atoms with Crippen LogP contribution in [0.4, 0.5) is 0 Å². The lowest BCUT2D eigenvalue weighted by Crippen LogP contribution is -2.44. The van der Waals surface area contributed by atoms with Crippen molar-refractivity contribution in [2.24, 2.45) is 5.73 Å². The Labute approximate surface area is 114 Å². The van der Waals surface area contributed by atoms with Crippen LogP contribution in [0.15, 0.2) is 22.7 Å². The molecule has 0 aliphatic heterocycles. The Morgan fingerprint density at radius 2 is 1.88 bits per heavy atom. The lowest BCUT2D eigenvalue weighted by Gasteiger charge is -2.37. The Kier molecular flexibility index (Phi) is 4.44. The highest BCUT2D eigenvalue weighted by molar-refractivity contribution is 9.10. The van der Waals surface area contributed by atoms with E-state index >= 15 is 0 Å². The van der Waals surface area contributed by atoms with Gasteiger partial charge < -0.3 is 10.2 Å². The molecule has 1 aromatic carbocycles. The average Bonchev–Trinajstić information content (AvgIpc) is 2.19. The minimum Gasteiger partial charge on any atom is -0.543 e. The maximum atomic E-state index is 6.33. The third kappa shape index (κ3) is 3.33. The molecule has 1 rings (SSSR count). The molecular formula is C13H22BrNOSi. The summed E-state index contributed by atoms with van der Waals surface area (Å²) in [6.45, 7) is 11.7. The maximum Gasteiger partial charge on any atom is 0.250 e. The fourth-order valence-corrected chi connectivity index (χ4v) is 2.93. The summed E-state index contributed by atoms with van der Waals surface area (Å²) >= 11 is 3.55. The number of benzene rings is 1. The highest BCUT2D eigenvalue weighted by Crippen LogP contribution is 2.40. The third-order valence-electron chi connectivity index (χ3n) is 3.43. The summed E-state index contributed by atoms with van der Waals surface area (Å²) in [7, 11) is -1.81. The molecule has 0 atom stereocenters. The zero-order chi connectivity index (χ0) is 13.3. The van der Waals surface area contributed by atoms with Crippen molar-refractivity contribution < 1.29 is 4.43 Å². The van der Waals surface area contributed by atoms with Gasteiger partial charge in [0.05, 0.1) is 4.47 Å². The largest absolute Gasteiger partial charge is 0.543 e. The van der Waals surface area contributed by atoms with Crippen molar-refractivity contribution in [3.63, 3.8) is 0 Å². The molecule has 0 aromatic heterocycles. The molecule has 0 saturated carbocycles. The molecule has 96 valence electrons. The molecule has 2 nitrogen and oxygen atoms in total. The second-order valence-electron chi connectivity index (χ2n) is 5.79. The molecule has 0 unspecified atom stereocenters. The molecule has 0 aliphatic rings. The topological polar surface area (TPSA) is 35.2 Å². The first-order valence-electron chi connectivity index (χ1n) is 5.85. The summed E-state index contributed by atoms with van der Waals surface area (Å²) < 4.78 is 7.32. The van der Waals surface area contributed by atoms with E-state index in [-0.39, 0.29) is 5.04 Å². The summed E-state index contributed by atoms with van der Waals surface area (Å²) in [5, 5.41) is 0.189. The SMILES string of the molecule is CC(C)(C)[Si](C)(C)Oc1c(Br)cccc1CN. The van der Waals surface area contributed by atoms with Gasteiger partial charge in [-0.05, 0) is 40.1 Å². The molecular weight excluding hydrogens is 294 g/mol. The van der Waals surface area contributed by atoms with Gasteiger partial charge in [-0.3, -0.25) is 0 Å². The van der Waals surface area contributed by atoms with Gasteiger partial charge in [0.15, 0.2) is 0 Å². The highest BCUT2D eigenvalue weighted by Gasteiger charge is 2.39. The van der Waals surface area contributed by atoms with Gasteiger partial charge in [-0.2, -0.15) is 0 Å².